The van der Waals surface area contributed by atoms with Gasteiger partial charge in [-0.15, -0.1) is 15.3 Å². The molecular weight excluding hydrogens is 414 g/mol. The molecule has 162 valence electrons. The van der Waals surface area contributed by atoms with E-state index in [0.717, 1.165) is 35.3 Å². The Labute approximate surface area is 182 Å². The Hall–Kier alpha value is -3.99. The minimum Gasteiger partial charge on any atom is -0.492 e. The first-order valence-electron chi connectivity index (χ1n) is 10.1. The first kappa shape index (κ1) is 18.8. The molecule has 0 saturated carbocycles. The van der Waals surface area contributed by atoms with E-state index in [4.69, 9.17) is 18.6 Å². The molecule has 0 amide bonds. The van der Waals surface area contributed by atoms with E-state index in [1.165, 1.54) is 6.39 Å². The summed E-state index contributed by atoms with van der Waals surface area (Å²) < 4.78 is 24.1. The van der Waals surface area contributed by atoms with Gasteiger partial charge >= 0.3 is 0 Å². The summed E-state index contributed by atoms with van der Waals surface area (Å²) in [4.78, 5) is 2.21. The molecule has 0 radical (unpaired) electrons. The molecule has 1 unspecified atom stereocenters. The maximum absolute atomic E-state index is 5.80. The van der Waals surface area contributed by atoms with E-state index in [-0.39, 0.29) is 12.8 Å². The summed E-state index contributed by atoms with van der Waals surface area (Å²) in [5, 5.41) is 20.3. The van der Waals surface area contributed by atoms with Crippen LogP contribution in [0.1, 0.15) is 23.0 Å². The van der Waals surface area contributed by atoms with Gasteiger partial charge < -0.3 is 18.6 Å². The number of nitrogens with zero attached hydrogens (tertiary/aromatic N) is 7. The van der Waals surface area contributed by atoms with Crippen LogP contribution in [0.5, 0.6) is 17.2 Å². The van der Waals surface area contributed by atoms with Gasteiger partial charge in [0.1, 0.15) is 6.04 Å². The van der Waals surface area contributed by atoms with Crippen LogP contribution in [0.15, 0.2) is 41.1 Å². The average Bonchev–Trinajstić information content (AvgIpc) is 3.59. The fourth-order valence-electron chi connectivity index (χ4n) is 4.35. The Bertz CT molecular complexity index is 1270. The lowest BCUT2D eigenvalue weighted by Gasteiger charge is -2.34. The van der Waals surface area contributed by atoms with Gasteiger partial charge in [0.25, 0.3) is 0 Å². The molecule has 2 aromatic carbocycles. The number of rotatable bonds is 4. The second-order valence-corrected chi connectivity index (χ2v) is 7.59. The van der Waals surface area contributed by atoms with Gasteiger partial charge in [-0.2, -0.15) is 4.68 Å². The quantitative estimate of drug-likeness (QED) is 0.474. The van der Waals surface area contributed by atoms with Crippen LogP contribution in [-0.2, 0) is 6.42 Å². The first-order chi connectivity index (χ1) is 15.7. The molecule has 2 aliphatic heterocycles. The molecule has 0 bridgehead atoms. The molecule has 0 spiro atoms. The van der Waals surface area contributed by atoms with E-state index in [0.29, 0.717) is 29.0 Å². The summed E-state index contributed by atoms with van der Waals surface area (Å²) >= 11 is 0. The molecule has 0 fully saturated rings. The third-order valence-corrected chi connectivity index (χ3v) is 5.85. The molecule has 0 saturated heterocycles. The monoisotopic (exact) mass is 433 g/mol. The zero-order chi connectivity index (χ0) is 21.7. The number of hydrogen-bond donors (Lipinski definition) is 0. The highest BCUT2D eigenvalue weighted by Gasteiger charge is 2.37. The first-order valence-corrected chi connectivity index (χ1v) is 10.1. The Morgan fingerprint density at radius 2 is 2.00 bits per heavy atom. The second-order valence-electron chi connectivity index (χ2n) is 7.59. The summed E-state index contributed by atoms with van der Waals surface area (Å²) in [6, 6.07) is 9.43. The average molecular weight is 433 g/mol. The molecule has 1 atom stereocenters. The number of benzene rings is 2. The van der Waals surface area contributed by atoms with Crippen molar-refractivity contribution < 1.29 is 18.6 Å². The number of likely N-dealkylation sites (N-methyl/N-ethyl adjacent to an activating group) is 1. The fourth-order valence-corrected chi connectivity index (χ4v) is 4.35. The number of aromatic nitrogens is 6. The van der Waals surface area contributed by atoms with Gasteiger partial charge in [-0.25, -0.2) is 0 Å². The predicted molar refractivity (Wildman–Crippen MR) is 110 cm³/mol. The number of methoxy groups -OCH3 is 1. The Balaban J connectivity index is 1.45. The number of hydrogen-bond acceptors (Lipinski definition) is 10. The van der Waals surface area contributed by atoms with Crippen molar-refractivity contribution in [2.45, 2.75) is 12.5 Å². The second kappa shape index (κ2) is 7.31. The third-order valence-electron chi connectivity index (χ3n) is 5.85. The largest absolute Gasteiger partial charge is 0.492 e. The van der Waals surface area contributed by atoms with Crippen molar-refractivity contribution in [1.82, 2.24) is 35.3 Å². The van der Waals surface area contributed by atoms with Crippen LogP contribution < -0.4 is 14.2 Å². The Morgan fingerprint density at radius 1 is 1.12 bits per heavy atom. The molecule has 4 heterocycles. The normalized spacial score (nSPS) is 17.4. The molecule has 32 heavy (non-hydrogen) atoms. The molecular formula is C21H19N7O4. The Morgan fingerprint density at radius 3 is 2.78 bits per heavy atom. The molecule has 11 nitrogen and oxygen atoms in total. The summed E-state index contributed by atoms with van der Waals surface area (Å²) in [6.45, 7) is 1.02. The van der Waals surface area contributed by atoms with E-state index >= 15 is 0 Å². The summed E-state index contributed by atoms with van der Waals surface area (Å²) in [5.41, 5.74) is 3.75. The molecule has 0 N–H and O–H groups in total. The van der Waals surface area contributed by atoms with Crippen molar-refractivity contribution in [2.24, 2.45) is 0 Å². The van der Waals surface area contributed by atoms with E-state index in [2.05, 4.69) is 37.7 Å². The standard InChI is InChI=1S/C21H19N7O4/c1-27-8-7-13-9-15-18(32-11-31-15)19(29-2)16(13)17(27)20-23-25-26-28(20)14-5-3-12(4-6-14)21-24-22-10-30-21/h3-6,9-10,17H,7-8,11H2,1-2H3. The van der Waals surface area contributed by atoms with E-state index in [1.54, 1.807) is 11.8 Å². The van der Waals surface area contributed by atoms with E-state index in [1.807, 2.05) is 30.3 Å². The van der Waals surface area contributed by atoms with Crippen molar-refractivity contribution in [1.29, 1.82) is 0 Å². The minimum absolute atomic E-state index is 0.180. The number of fused-ring (bicyclic) bond motifs is 2. The maximum Gasteiger partial charge on any atom is 0.247 e. The van der Waals surface area contributed by atoms with Crippen LogP contribution in [0.2, 0.25) is 0 Å². The van der Waals surface area contributed by atoms with Gasteiger partial charge in [0.15, 0.2) is 17.3 Å². The molecule has 4 aromatic rings. The van der Waals surface area contributed by atoms with Crippen molar-refractivity contribution >= 4 is 0 Å². The van der Waals surface area contributed by atoms with Crippen LogP contribution >= 0.6 is 0 Å². The number of tetrazole rings is 1. The molecule has 2 aliphatic rings. The SMILES string of the molecule is COc1c2c(cc3c1C(c1nnnn1-c1ccc(-c4nnco4)cc1)N(C)CC3)OCO2. The minimum atomic E-state index is -0.228. The van der Waals surface area contributed by atoms with Crippen molar-refractivity contribution in [2.75, 3.05) is 27.5 Å². The van der Waals surface area contributed by atoms with Gasteiger partial charge in [-0.05, 0) is 59.8 Å². The zero-order valence-electron chi connectivity index (χ0n) is 17.4. The smallest absolute Gasteiger partial charge is 0.247 e. The van der Waals surface area contributed by atoms with Crippen molar-refractivity contribution in [3.8, 4) is 34.4 Å². The molecule has 11 heteroatoms. The molecule has 6 rings (SSSR count). The van der Waals surface area contributed by atoms with Gasteiger partial charge in [-0.3, -0.25) is 4.90 Å². The fraction of sp³-hybridized carbons (Fsp3) is 0.286. The van der Waals surface area contributed by atoms with Gasteiger partial charge in [0.2, 0.25) is 24.8 Å². The van der Waals surface area contributed by atoms with Crippen molar-refractivity contribution in [3.05, 3.63) is 53.7 Å². The number of ether oxygens (including phenoxy) is 3. The van der Waals surface area contributed by atoms with Gasteiger partial charge in [0, 0.05) is 17.7 Å². The Kier molecular flexibility index (Phi) is 4.28. The van der Waals surface area contributed by atoms with Gasteiger partial charge in [-0.1, -0.05) is 0 Å². The highest BCUT2D eigenvalue weighted by atomic mass is 16.7. The van der Waals surface area contributed by atoms with Crippen LogP contribution in [0.4, 0.5) is 0 Å². The van der Waals surface area contributed by atoms with E-state index in [9.17, 15) is 0 Å². The molecule has 0 aliphatic carbocycles. The topological polar surface area (TPSA) is 113 Å². The lowest BCUT2D eigenvalue weighted by Crippen LogP contribution is -2.35. The lowest BCUT2D eigenvalue weighted by molar-refractivity contribution is 0.170. The summed E-state index contributed by atoms with van der Waals surface area (Å²) in [5.74, 6) is 3.12. The van der Waals surface area contributed by atoms with E-state index < -0.39 is 0 Å². The zero-order valence-corrected chi connectivity index (χ0v) is 17.4. The maximum atomic E-state index is 5.80. The highest BCUT2D eigenvalue weighted by molar-refractivity contribution is 5.63. The van der Waals surface area contributed by atoms with Crippen molar-refractivity contribution in [3.63, 3.8) is 0 Å². The predicted octanol–water partition coefficient (Wildman–Crippen LogP) is 2.03. The van der Waals surface area contributed by atoms with Gasteiger partial charge in [0.05, 0.1) is 12.8 Å². The summed E-state index contributed by atoms with van der Waals surface area (Å²) in [7, 11) is 3.69. The van der Waals surface area contributed by atoms with Crippen LogP contribution in [-0.4, -0.2) is 62.8 Å². The van der Waals surface area contributed by atoms with Crippen LogP contribution in [0.25, 0.3) is 17.1 Å². The highest BCUT2D eigenvalue weighted by Crippen LogP contribution is 2.50. The third kappa shape index (κ3) is 2.82. The summed E-state index contributed by atoms with van der Waals surface area (Å²) in [6.07, 6.45) is 2.16. The lowest BCUT2D eigenvalue weighted by atomic mass is 9.90. The van der Waals surface area contributed by atoms with Crippen LogP contribution in [0.3, 0.4) is 0 Å². The molecule has 2 aromatic heterocycles. The van der Waals surface area contributed by atoms with Crippen LogP contribution in [0, 0.1) is 0 Å².